The lowest BCUT2D eigenvalue weighted by Crippen LogP contribution is -2.46. The molecule has 0 aliphatic carbocycles. The van der Waals surface area contributed by atoms with Crippen LogP contribution in [0, 0.1) is 0 Å². The number of fused-ring (bicyclic) bond motifs is 1. The maximum absolute atomic E-state index is 13.7. The molecular formula is C25H25Cl2N5O3. The second kappa shape index (κ2) is 9.71. The van der Waals surface area contributed by atoms with Gasteiger partial charge in [-0.2, -0.15) is 0 Å². The lowest BCUT2D eigenvalue weighted by molar-refractivity contribution is 0.0653. The molecule has 1 aromatic heterocycles. The van der Waals surface area contributed by atoms with Gasteiger partial charge in [-0.25, -0.2) is 9.55 Å². The molecule has 2 heterocycles. The molecule has 3 N–H and O–H groups in total. The highest BCUT2D eigenvalue weighted by molar-refractivity contribution is 6.42. The molecule has 0 fully saturated rings. The quantitative estimate of drug-likeness (QED) is 0.534. The first-order valence-electron chi connectivity index (χ1n) is 11.1. The summed E-state index contributed by atoms with van der Waals surface area (Å²) in [6.45, 7) is 5.95. The van der Waals surface area contributed by atoms with E-state index < -0.39 is 5.91 Å². The Balaban J connectivity index is 1.77. The van der Waals surface area contributed by atoms with Crippen molar-refractivity contribution in [2.45, 2.75) is 45.8 Å². The third-order valence-corrected chi connectivity index (χ3v) is 6.61. The zero-order valence-corrected chi connectivity index (χ0v) is 21.0. The highest BCUT2D eigenvalue weighted by Gasteiger charge is 2.32. The van der Waals surface area contributed by atoms with Crippen molar-refractivity contribution in [3.8, 4) is 5.69 Å². The van der Waals surface area contributed by atoms with Gasteiger partial charge in [0.1, 0.15) is 0 Å². The van der Waals surface area contributed by atoms with Gasteiger partial charge < -0.3 is 16.0 Å². The Morgan fingerprint density at radius 3 is 2.34 bits per heavy atom. The number of nitrogens with zero attached hydrogens (tertiary/aromatic N) is 3. The van der Waals surface area contributed by atoms with Crippen LogP contribution < -0.4 is 16.6 Å². The standard InChI is InChI=1S/C25H25Cl2N5O3/c1-13(2)29-25-30-21-12-31(23(34)16-6-9-19(26)20(27)11-16)14(3)10-18(21)24(35)32(25)17-7-4-15(5-8-17)22(28)33/h4-9,11,13-14H,10,12H2,1-3H3,(H2,28,33)(H,29,30)/t14-/m1/s1. The van der Waals surface area contributed by atoms with Crippen LogP contribution in [0.3, 0.4) is 0 Å². The molecule has 2 amide bonds. The first-order chi connectivity index (χ1) is 16.6. The fraction of sp³-hybridized carbons (Fsp3) is 0.280. The Labute approximate surface area is 212 Å². The number of halogens is 2. The molecule has 10 heteroatoms. The second-order valence-electron chi connectivity index (χ2n) is 8.83. The molecule has 1 atom stereocenters. The first kappa shape index (κ1) is 24.8. The molecule has 0 radical (unpaired) electrons. The van der Waals surface area contributed by atoms with Crippen molar-refractivity contribution in [2.75, 3.05) is 5.32 Å². The summed E-state index contributed by atoms with van der Waals surface area (Å²) in [6.07, 6.45) is 0.343. The summed E-state index contributed by atoms with van der Waals surface area (Å²) >= 11 is 12.1. The van der Waals surface area contributed by atoms with E-state index in [0.717, 1.165) is 0 Å². The zero-order valence-electron chi connectivity index (χ0n) is 19.5. The average Bonchev–Trinajstić information content (AvgIpc) is 2.80. The maximum Gasteiger partial charge on any atom is 0.263 e. The van der Waals surface area contributed by atoms with Crippen LogP contribution in [-0.4, -0.2) is 38.3 Å². The number of aromatic nitrogens is 2. The van der Waals surface area contributed by atoms with Gasteiger partial charge in [0.05, 0.1) is 28.0 Å². The number of hydrogen-bond donors (Lipinski definition) is 2. The minimum Gasteiger partial charge on any atom is -0.366 e. The van der Waals surface area contributed by atoms with Crippen LogP contribution >= 0.6 is 23.2 Å². The van der Waals surface area contributed by atoms with Crippen LogP contribution in [0.25, 0.3) is 5.69 Å². The first-order valence-corrected chi connectivity index (χ1v) is 11.9. The number of hydrogen-bond acceptors (Lipinski definition) is 5. The van der Waals surface area contributed by atoms with Gasteiger partial charge >= 0.3 is 0 Å². The normalized spacial score (nSPS) is 15.1. The largest absolute Gasteiger partial charge is 0.366 e. The number of primary amides is 1. The summed E-state index contributed by atoms with van der Waals surface area (Å²) < 4.78 is 1.49. The molecular weight excluding hydrogens is 489 g/mol. The van der Waals surface area contributed by atoms with Gasteiger partial charge in [-0.3, -0.25) is 14.4 Å². The van der Waals surface area contributed by atoms with E-state index in [1.807, 2.05) is 20.8 Å². The van der Waals surface area contributed by atoms with Crippen LogP contribution in [0.15, 0.2) is 47.3 Å². The van der Waals surface area contributed by atoms with E-state index in [4.69, 9.17) is 33.9 Å². The van der Waals surface area contributed by atoms with Crippen molar-refractivity contribution in [1.82, 2.24) is 14.5 Å². The van der Waals surface area contributed by atoms with Crippen molar-refractivity contribution in [2.24, 2.45) is 5.73 Å². The van der Waals surface area contributed by atoms with Crippen molar-refractivity contribution < 1.29 is 9.59 Å². The van der Waals surface area contributed by atoms with Gasteiger partial charge in [0.25, 0.3) is 11.5 Å². The van der Waals surface area contributed by atoms with Gasteiger partial charge in [-0.1, -0.05) is 23.2 Å². The molecule has 1 aliphatic heterocycles. The van der Waals surface area contributed by atoms with E-state index in [1.165, 1.54) is 4.57 Å². The number of carbonyl (C=O) groups is 2. The van der Waals surface area contributed by atoms with Gasteiger partial charge in [0.2, 0.25) is 11.9 Å². The van der Waals surface area contributed by atoms with E-state index in [1.54, 1.807) is 47.4 Å². The molecule has 0 saturated carbocycles. The SMILES string of the molecule is CC(C)Nc1nc2c(c(=O)n1-c1ccc(C(N)=O)cc1)C[C@@H](C)N(C(=O)c1ccc(Cl)c(Cl)c1)C2. The number of nitrogens with two attached hydrogens (primary N) is 1. The highest BCUT2D eigenvalue weighted by Crippen LogP contribution is 2.27. The summed E-state index contributed by atoms with van der Waals surface area (Å²) in [5, 5.41) is 3.90. The van der Waals surface area contributed by atoms with Crippen molar-refractivity contribution in [1.29, 1.82) is 0 Å². The second-order valence-corrected chi connectivity index (χ2v) is 9.64. The van der Waals surface area contributed by atoms with Crippen LogP contribution in [0.5, 0.6) is 0 Å². The predicted molar refractivity (Wildman–Crippen MR) is 137 cm³/mol. The fourth-order valence-electron chi connectivity index (χ4n) is 4.09. The van der Waals surface area contributed by atoms with Gasteiger partial charge in [0.15, 0.2) is 0 Å². The summed E-state index contributed by atoms with van der Waals surface area (Å²) in [6, 6.07) is 11.0. The van der Waals surface area contributed by atoms with E-state index in [9.17, 15) is 14.4 Å². The molecule has 35 heavy (non-hydrogen) atoms. The van der Waals surface area contributed by atoms with Crippen molar-refractivity contribution >= 4 is 41.0 Å². The number of rotatable bonds is 5. The van der Waals surface area contributed by atoms with E-state index in [2.05, 4.69) is 5.32 Å². The zero-order chi connectivity index (χ0) is 25.4. The topological polar surface area (TPSA) is 110 Å². The summed E-state index contributed by atoms with van der Waals surface area (Å²) in [4.78, 5) is 44.8. The van der Waals surface area contributed by atoms with Gasteiger partial charge in [-0.15, -0.1) is 0 Å². The highest BCUT2D eigenvalue weighted by atomic mass is 35.5. The summed E-state index contributed by atoms with van der Waals surface area (Å²) in [5.41, 5.74) is 7.52. The Bertz CT molecular complexity index is 1370. The van der Waals surface area contributed by atoms with Crippen LogP contribution in [0.1, 0.15) is 52.7 Å². The van der Waals surface area contributed by atoms with Crippen LogP contribution in [-0.2, 0) is 13.0 Å². The maximum atomic E-state index is 13.7. The monoisotopic (exact) mass is 513 g/mol. The fourth-order valence-corrected chi connectivity index (χ4v) is 4.39. The lowest BCUT2D eigenvalue weighted by Gasteiger charge is -2.34. The minimum atomic E-state index is -0.548. The molecule has 4 rings (SSSR count). The number of anilines is 1. The third kappa shape index (κ3) is 4.90. The number of carbonyl (C=O) groups excluding carboxylic acids is 2. The van der Waals surface area contributed by atoms with E-state index in [0.29, 0.717) is 50.5 Å². The molecule has 0 saturated heterocycles. The van der Waals surface area contributed by atoms with Crippen LogP contribution in [0.2, 0.25) is 10.0 Å². The number of amides is 2. The molecule has 0 spiro atoms. The summed E-state index contributed by atoms with van der Waals surface area (Å²) in [5.74, 6) is -0.409. The Hall–Kier alpha value is -3.36. The lowest BCUT2D eigenvalue weighted by atomic mass is 9.98. The average molecular weight is 514 g/mol. The van der Waals surface area contributed by atoms with Crippen LogP contribution in [0.4, 0.5) is 5.95 Å². The molecule has 182 valence electrons. The van der Waals surface area contributed by atoms with Gasteiger partial charge in [0, 0.05) is 28.8 Å². The van der Waals surface area contributed by atoms with E-state index in [-0.39, 0.29) is 30.1 Å². The number of benzene rings is 2. The molecule has 0 bridgehead atoms. The van der Waals surface area contributed by atoms with Gasteiger partial charge in [-0.05, 0) is 69.7 Å². The molecule has 1 aliphatic rings. The molecule has 8 nitrogen and oxygen atoms in total. The Morgan fingerprint density at radius 1 is 1.09 bits per heavy atom. The third-order valence-electron chi connectivity index (χ3n) is 5.87. The summed E-state index contributed by atoms with van der Waals surface area (Å²) in [7, 11) is 0. The number of nitrogens with one attached hydrogen (secondary N) is 1. The Kier molecular flexibility index (Phi) is 6.87. The van der Waals surface area contributed by atoms with E-state index >= 15 is 0 Å². The predicted octanol–water partition coefficient (Wildman–Crippen LogP) is 4.05. The van der Waals surface area contributed by atoms with Crippen molar-refractivity contribution in [3.63, 3.8) is 0 Å². The minimum absolute atomic E-state index is 0.00690. The van der Waals surface area contributed by atoms with Crippen molar-refractivity contribution in [3.05, 3.63) is 85.2 Å². The Morgan fingerprint density at radius 2 is 1.74 bits per heavy atom. The molecule has 0 unspecified atom stereocenters. The molecule has 3 aromatic rings. The smallest absolute Gasteiger partial charge is 0.263 e. The molecule has 2 aromatic carbocycles.